The van der Waals surface area contributed by atoms with Crippen molar-refractivity contribution >= 4 is 23.5 Å². The minimum absolute atomic E-state index is 0.0822. The van der Waals surface area contributed by atoms with Gasteiger partial charge in [-0.15, -0.1) is 0 Å². The van der Waals surface area contributed by atoms with Gasteiger partial charge in [0.1, 0.15) is 11.6 Å². The van der Waals surface area contributed by atoms with Crippen LogP contribution in [-0.4, -0.2) is 92.3 Å². The third kappa shape index (κ3) is 5.04. The number of piperazine rings is 2. The van der Waals surface area contributed by atoms with Crippen molar-refractivity contribution in [2.24, 2.45) is 0 Å². The predicted octanol–water partition coefficient (Wildman–Crippen LogP) is 2.21. The Morgan fingerprint density at radius 1 is 0.938 bits per heavy atom. The fraction of sp³-hybridized carbons (Fsp3) is 0.522. The number of nitrogens with one attached hydrogen (secondary N) is 1. The van der Waals surface area contributed by atoms with Crippen LogP contribution in [0.5, 0.6) is 5.75 Å². The summed E-state index contributed by atoms with van der Waals surface area (Å²) in [6, 6.07) is 7.63. The minimum Gasteiger partial charge on any atom is -0.497 e. The number of carbonyl (C=O) groups excluding carboxylic acids is 1. The molecule has 2 aliphatic heterocycles. The summed E-state index contributed by atoms with van der Waals surface area (Å²) in [6.07, 6.45) is 0. The number of urea groups is 1. The minimum atomic E-state index is -0.0822. The fourth-order valence-corrected chi connectivity index (χ4v) is 4.08. The zero-order valence-corrected chi connectivity index (χ0v) is 19.5. The highest BCUT2D eigenvalue weighted by molar-refractivity contribution is 5.90. The van der Waals surface area contributed by atoms with Gasteiger partial charge in [0.15, 0.2) is 0 Å². The second kappa shape index (κ2) is 9.60. The monoisotopic (exact) mass is 439 g/mol. The van der Waals surface area contributed by atoms with Crippen LogP contribution in [0.25, 0.3) is 0 Å². The Bertz CT molecular complexity index is 951. The number of ether oxygens (including phenoxy) is 1. The number of aryl methyl sites for hydroxylation is 2. The fourth-order valence-electron chi connectivity index (χ4n) is 4.08. The highest BCUT2D eigenvalue weighted by Crippen LogP contribution is 2.23. The van der Waals surface area contributed by atoms with Crippen LogP contribution in [0.1, 0.15) is 11.3 Å². The van der Waals surface area contributed by atoms with Crippen LogP contribution in [0.2, 0.25) is 0 Å². The highest BCUT2D eigenvalue weighted by atomic mass is 16.5. The van der Waals surface area contributed by atoms with Crippen molar-refractivity contribution < 1.29 is 9.53 Å². The number of amides is 2. The normalized spacial score (nSPS) is 17.4. The summed E-state index contributed by atoms with van der Waals surface area (Å²) in [7, 11) is 3.79. The van der Waals surface area contributed by atoms with Gasteiger partial charge in [-0.2, -0.15) is 4.98 Å². The molecular formula is C23H33N7O2. The molecule has 9 nitrogen and oxygen atoms in total. The zero-order chi connectivity index (χ0) is 22.7. The Labute approximate surface area is 190 Å². The molecule has 32 heavy (non-hydrogen) atoms. The Morgan fingerprint density at radius 3 is 2.28 bits per heavy atom. The van der Waals surface area contributed by atoms with E-state index < -0.39 is 0 Å². The first-order chi connectivity index (χ1) is 15.4. The molecule has 2 fully saturated rings. The molecule has 0 saturated carbocycles. The molecule has 172 valence electrons. The number of anilines is 3. The molecule has 0 aliphatic carbocycles. The van der Waals surface area contributed by atoms with Gasteiger partial charge in [-0.1, -0.05) is 0 Å². The van der Waals surface area contributed by atoms with E-state index in [2.05, 4.69) is 38.1 Å². The Balaban J connectivity index is 1.36. The average molecular weight is 440 g/mol. The van der Waals surface area contributed by atoms with Crippen LogP contribution in [0, 0.1) is 13.8 Å². The topological polar surface area (TPSA) is 77.1 Å². The van der Waals surface area contributed by atoms with Crippen molar-refractivity contribution in [1.82, 2.24) is 19.8 Å². The maximum Gasteiger partial charge on any atom is 0.321 e. The van der Waals surface area contributed by atoms with Crippen LogP contribution in [0.15, 0.2) is 24.3 Å². The van der Waals surface area contributed by atoms with Crippen molar-refractivity contribution in [3.05, 3.63) is 35.5 Å². The molecule has 2 saturated heterocycles. The third-order valence-electron chi connectivity index (χ3n) is 6.18. The van der Waals surface area contributed by atoms with E-state index in [0.29, 0.717) is 26.2 Å². The molecule has 4 rings (SSSR count). The molecule has 0 radical (unpaired) electrons. The molecule has 1 N–H and O–H groups in total. The second-order valence-electron chi connectivity index (χ2n) is 8.54. The molecule has 1 aromatic carbocycles. The van der Waals surface area contributed by atoms with E-state index in [-0.39, 0.29) is 6.03 Å². The molecule has 0 atom stereocenters. The summed E-state index contributed by atoms with van der Waals surface area (Å²) in [4.78, 5) is 31.0. The van der Waals surface area contributed by atoms with E-state index in [9.17, 15) is 4.79 Å². The van der Waals surface area contributed by atoms with Gasteiger partial charge in [-0.25, -0.2) is 9.78 Å². The lowest BCUT2D eigenvalue weighted by Gasteiger charge is -2.36. The van der Waals surface area contributed by atoms with Crippen molar-refractivity contribution in [1.29, 1.82) is 0 Å². The second-order valence-corrected chi connectivity index (χ2v) is 8.54. The molecule has 2 amide bonds. The lowest BCUT2D eigenvalue weighted by atomic mass is 10.2. The summed E-state index contributed by atoms with van der Waals surface area (Å²) in [5.74, 6) is 2.53. The Kier molecular flexibility index (Phi) is 6.64. The van der Waals surface area contributed by atoms with E-state index in [1.807, 2.05) is 36.9 Å². The van der Waals surface area contributed by atoms with E-state index in [1.165, 1.54) is 0 Å². The lowest BCUT2D eigenvalue weighted by molar-refractivity contribution is 0.208. The van der Waals surface area contributed by atoms with Crippen LogP contribution < -0.4 is 19.9 Å². The predicted molar refractivity (Wildman–Crippen MR) is 127 cm³/mol. The van der Waals surface area contributed by atoms with E-state index in [4.69, 9.17) is 9.72 Å². The smallest absolute Gasteiger partial charge is 0.321 e. The largest absolute Gasteiger partial charge is 0.497 e. The first kappa shape index (κ1) is 22.1. The van der Waals surface area contributed by atoms with Crippen LogP contribution in [0.4, 0.5) is 22.2 Å². The highest BCUT2D eigenvalue weighted by Gasteiger charge is 2.24. The molecule has 0 unspecified atom stereocenters. The molecular weight excluding hydrogens is 406 g/mol. The summed E-state index contributed by atoms with van der Waals surface area (Å²) in [6.45, 7) is 10.7. The number of hydrogen-bond acceptors (Lipinski definition) is 7. The number of carbonyl (C=O) groups is 1. The summed E-state index contributed by atoms with van der Waals surface area (Å²) in [5.41, 5.74) is 2.75. The Morgan fingerprint density at radius 2 is 1.62 bits per heavy atom. The van der Waals surface area contributed by atoms with Gasteiger partial charge in [0.2, 0.25) is 5.95 Å². The van der Waals surface area contributed by atoms with Crippen LogP contribution in [0.3, 0.4) is 0 Å². The number of likely N-dealkylation sites (N-methyl/N-ethyl adjacent to an activating group) is 1. The van der Waals surface area contributed by atoms with Gasteiger partial charge in [0.05, 0.1) is 7.11 Å². The van der Waals surface area contributed by atoms with Gasteiger partial charge < -0.3 is 29.7 Å². The molecule has 2 aromatic rings. The number of hydrogen-bond donors (Lipinski definition) is 1. The van der Waals surface area contributed by atoms with Crippen molar-refractivity contribution in [3.8, 4) is 5.75 Å². The van der Waals surface area contributed by atoms with Crippen LogP contribution in [-0.2, 0) is 0 Å². The van der Waals surface area contributed by atoms with Gasteiger partial charge in [-0.05, 0) is 44.7 Å². The van der Waals surface area contributed by atoms with Crippen molar-refractivity contribution in [3.63, 3.8) is 0 Å². The lowest BCUT2D eigenvalue weighted by Crippen LogP contribution is -2.50. The Hall–Kier alpha value is -3.07. The van der Waals surface area contributed by atoms with Gasteiger partial charge >= 0.3 is 6.03 Å². The summed E-state index contributed by atoms with van der Waals surface area (Å²) < 4.78 is 5.24. The van der Waals surface area contributed by atoms with E-state index in [1.54, 1.807) is 7.11 Å². The van der Waals surface area contributed by atoms with Crippen molar-refractivity contribution in [2.75, 3.05) is 81.6 Å². The molecule has 1 aromatic heterocycles. The third-order valence-corrected chi connectivity index (χ3v) is 6.18. The van der Waals surface area contributed by atoms with E-state index in [0.717, 1.165) is 60.6 Å². The van der Waals surface area contributed by atoms with E-state index >= 15 is 0 Å². The van der Waals surface area contributed by atoms with Crippen molar-refractivity contribution in [2.45, 2.75) is 13.8 Å². The van der Waals surface area contributed by atoms with Gasteiger partial charge in [-0.3, -0.25) is 0 Å². The number of nitrogens with zero attached hydrogens (tertiary/aromatic N) is 6. The SMILES string of the molecule is COc1ccc(NC(=O)N2CCN(c3nc(C)cc(N4CCN(C)CC4)n3)CC2)c(C)c1. The number of rotatable bonds is 4. The molecule has 3 heterocycles. The van der Waals surface area contributed by atoms with Crippen LogP contribution >= 0.6 is 0 Å². The maximum absolute atomic E-state index is 12.8. The standard InChI is InChI=1S/C23H33N7O2/c1-17-15-19(32-4)5-6-20(17)25-23(31)30-13-11-29(12-14-30)22-24-18(2)16-21(26-22)28-9-7-27(3)8-10-28/h5-6,15-16H,7-14H2,1-4H3,(H,25,31). The maximum atomic E-state index is 12.8. The zero-order valence-electron chi connectivity index (χ0n) is 19.5. The molecule has 2 aliphatic rings. The summed E-state index contributed by atoms with van der Waals surface area (Å²) in [5, 5.41) is 3.02. The quantitative estimate of drug-likeness (QED) is 0.783. The molecule has 0 spiro atoms. The average Bonchev–Trinajstić information content (AvgIpc) is 2.80. The molecule has 9 heteroatoms. The number of methoxy groups -OCH3 is 1. The molecule has 0 bridgehead atoms. The van der Waals surface area contributed by atoms with Gasteiger partial charge in [0, 0.05) is 69.8 Å². The number of benzene rings is 1. The summed E-state index contributed by atoms with van der Waals surface area (Å²) >= 11 is 0. The number of aromatic nitrogens is 2. The van der Waals surface area contributed by atoms with Gasteiger partial charge in [0.25, 0.3) is 0 Å². The first-order valence-electron chi connectivity index (χ1n) is 11.2. The first-order valence-corrected chi connectivity index (χ1v) is 11.2.